The molecule has 0 saturated heterocycles. The normalized spacial score (nSPS) is 13.7. The van der Waals surface area contributed by atoms with Crippen LogP contribution in [-0.4, -0.2) is 96.7 Å². The number of ether oxygens (including phenoxy) is 4. The molecule has 2 unspecified atom stereocenters. The third-order valence-electron chi connectivity index (χ3n) is 21.5. The maximum Gasteiger partial charge on any atom is 0.472 e. The Morgan fingerprint density at radius 1 is 0.245 bits per heavy atom. The maximum absolute atomic E-state index is 13.2. The molecular formula is C91H178O17P2. The van der Waals surface area contributed by atoms with E-state index in [1.807, 2.05) is 0 Å². The molecule has 654 valence electrons. The van der Waals surface area contributed by atoms with E-state index in [1.165, 1.54) is 321 Å². The van der Waals surface area contributed by atoms with Gasteiger partial charge in [0.1, 0.15) is 19.3 Å². The highest BCUT2D eigenvalue weighted by Crippen LogP contribution is 2.45. The number of hydrogen-bond acceptors (Lipinski definition) is 15. The third kappa shape index (κ3) is 84.0. The number of carbonyl (C=O) groups is 4. The SMILES string of the molecule is CCCCCCCCCCCCCCCCCCCCCCC(=O)OC[C@H](COP(=O)(O)OC[C@@H](O)COP(=O)(O)OC[C@@H](COC(=O)CCCCCCCCCCCCC)OC(=O)CCCCCCCCCCCCCCCCCCC(C)C)OC(=O)CCCCCCCCCCCCCCCCCCCCCC. The standard InChI is InChI=1S/C91H178O17P2/c1-6-9-12-15-18-21-24-26-28-30-32-34-36-41-45-50-55-60-65-70-75-89(94)102-81-87(108-91(96)76-71-66-61-56-51-46-42-37-35-33-31-29-27-25-22-19-16-13-10-7-2)83-106-110(99,100)104-79-85(92)78-103-109(97,98)105-82-86(80-101-88(93)74-69-64-59-54-48-23-20-17-14-11-8-3)107-90(95)77-72-67-62-57-52-47-43-39-38-40-44-49-53-58-63-68-73-84(4)5/h84-87,92H,6-83H2,1-5H3,(H,97,98)(H,99,100)/t85-,86+,87+/m0/s1. The quantitative estimate of drug-likeness (QED) is 0.0222. The Morgan fingerprint density at radius 3 is 0.618 bits per heavy atom. The van der Waals surface area contributed by atoms with Crippen molar-refractivity contribution in [1.82, 2.24) is 0 Å². The van der Waals surface area contributed by atoms with Crippen LogP contribution in [0, 0.1) is 5.92 Å². The molecule has 0 radical (unpaired) electrons. The van der Waals surface area contributed by atoms with Gasteiger partial charge < -0.3 is 33.8 Å². The Hall–Kier alpha value is -1.94. The van der Waals surface area contributed by atoms with Crippen LogP contribution in [0.25, 0.3) is 0 Å². The van der Waals surface area contributed by atoms with Crippen molar-refractivity contribution in [3.63, 3.8) is 0 Å². The van der Waals surface area contributed by atoms with Crippen molar-refractivity contribution in [3.05, 3.63) is 0 Å². The molecule has 0 aliphatic rings. The van der Waals surface area contributed by atoms with Gasteiger partial charge in [0.25, 0.3) is 0 Å². The van der Waals surface area contributed by atoms with Gasteiger partial charge in [-0.25, -0.2) is 9.13 Å². The zero-order chi connectivity index (χ0) is 80.4. The van der Waals surface area contributed by atoms with Gasteiger partial charge in [0.05, 0.1) is 26.4 Å². The predicted octanol–water partition coefficient (Wildman–Crippen LogP) is 28.3. The zero-order valence-corrected chi connectivity index (χ0v) is 74.2. The minimum atomic E-state index is -4.97. The molecule has 0 aliphatic heterocycles. The van der Waals surface area contributed by atoms with Crippen LogP contribution in [0.1, 0.15) is 497 Å². The van der Waals surface area contributed by atoms with Crippen LogP contribution >= 0.6 is 15.6 Å². The second kappa shape index (κ2) is 83.5. The van der Waals surface area contributed by atoms with Crippen molar-refractivity contribution in [2.24, 2.45) is 5.92 Å². The highest BCUT2D eigenvalue weighted by molar-refractivity contribution is 7.47. The average Bonchev–Trinajstić information content (AvgIpc) is 0.900. The Kier molecular flexibility index (Phi) is 82.1. The molecule has 0 heterocycles. The van der Waals surface area contributed by atoms with Crippen LogP contribution in [0.5, 0.6) is 0 Å². The van der Waals surface area contributed by atoms with Crippen LogP contribution in [0.15, 0.2) is 0 Å². The topological polar surface area (TPSA) is 237 Å². The lowest BCUT2D eigenvalue weighted by atomic mass is 10.0. The molecule has 17 nitrogen and oxygen atoms in total. The summed E-state index contributed by atoms with van der Waals surface area (Å²) >= 11 is 0. The first kappa shape index (κ1) is 108. The number of aliphatic hydroxyl groups excluding tert-OH is 1. The van der Waals surface area contributed by atoms with E-state index in [1.54, 1.807) is 0 Å². The second-order valence-electron chi connectivity index (χ2n) is 33.2. The third-order valence-corrected chi connectivity index (χ3v) is 23.4. The Labute approximate surface area is 677 Å². The first-order chi connectivity index (χ1) is 53.5. The molecule has 0 aromatic heterocycles. The zero-order valence-electron chi connectivity index (χ0n) is 72.4. The van der Waals surface area contributed by atoms with Crippen LogP contribution in [0.4, 0.5) is 0 Å². The first-order valence-corrected chi connectivity index (χ1v) is 50.1. The molecule has 0 aromatic carbocycles. The van der Waals surface area contributed by atoms with E-state index in [0.29, 0.717) is 25.7 Å². The van der Waals surface area contributed by atoms with Gasteiger partial charge in [-0.2, -0.15) is 0 Å². The average molecular weight is 1610 g/mol. The number of aliphatic hydroxyl groups is 1. The van der Waals surface area contributed by atoms with Gasteiger partial charge in [0, 0.05) is 25.7 Å². The van der Waals surface area contributed by atoms with E-state index in [4.69, 9.17) is 37.0 Å². The molecule has 3 N–H and O–H groups in total. The summed E-state index contributed by atoms with van der Waals surface area (Å²) in [4.78, 5) is 73.4. The van der Waals surface area contributed by atoms with Gasteiger partial charge in [-0.05, 0) is 31.6 Å². The number of hydrogen-bond donors (Lipinski definition) is 3. The van der Waals surface area contributed by atoms with Crippen molar-refractivity contribution >= 4 is 39.5 Å². The fourth-order valence-corrected chi connectivity index (χ4v) is 15.9. The molecule has 0 rings (SSSR count). The number of phosphoric acid groups is 2. The van der Waals surface area contributed by atoms with Crippen molar-refractivity contribution in [3.8, 4) is 0 Å². The lowest BCUT2D eigenvalue weighted by Crippen LogP contribution is -2.30. The number of rotatable bonds is 91. The largest absolute Gasteiger partial charge is 0.472 e. The summed E-state index contributed by atoms with van der Waals surface area (Å²) in [5.74, 6) is -1.28. The van der Waals surface area contributed by atoms with Gasteiger partial charge in [0.15, 0.2) is 12.2 Å². The molecular weight excluding hydrogens is 1430 g/mol. The monoisotopic (exact) mass is 1610 g/mol. The van der Waals surface area contributed by atoms with Gasteiger partial charge >= 0.3 is 39.5 Å². The van der Waals surface area contributed by atoms with Gasteiger partial charge in [-0.3, -0.25) is 37.3 Å². The predicted molar refractivity (Wildman–Crippen MR) is 455 cm³/mol. The lowest BCUT2D eigenvalue weighted by Gasteiger charge is -2.21. The Balaban J connectivity index is 5.23. The van der Waals surface area contributed by atoms with Crippen molar-refractivity contribution in [2.75, 3.05) is 39.6 Å². The van der Waals surface area contributed by atoms with Crippen molar-refractivity contribution < 1.29 is 80.2 Å². The molecule has 0 amide bonds. The number of carbonyl (C=O) groups excluding carboxylic acids is 4. The lowest BCUT2D eigenvalue weighted by molar-refractivity contribution is -0.161. The summed E-state index contributed by atoms with van der Waals surface area (Å²) in [6.45, 7) is 7.42. The van der Waals surface area contributed by atoms with Crippen molar-refractivity contribution in [1.29, 1.82) is 0 Å². The van der Waals surface area contributed by atoms with Gasteiger partial charge in [-0.15, -0.1) is 0 Å². The molecule has 0 bridgehead atoms. The first-order valence-electron chi connectivity index (χ1n) is 47.1. The van der Waals surface area contributed by atoms with Crippen LogP contribution in [-0.2, 0) is 65.4 Å². The molecule has 0 saturated carbocycles. The fraction of sp³-hybridized carbons (Fsp3) is 0.956. The number of phosphoric ester groups is 2. The van der Waals surface area contributed by atoms with Crippen molar-refractivity contribution in [2.45, 2.75) is 515 Å². The number of esters is 4. The van der Waals surface area contributed by atoms with E-state index in [9.17, 15) is 43.2 Å². The highest BCUT2D eigenvalue weighted by atomic mass is 31.2. The van der Waals surface area contributed by atoms with Crippen LogP contribution in [0.2, 0.25) is 0 Å². The maximum atomic E-state index is 13.2. The molecule has 19 heteroatoms. The summed E-state index contributed by atoms with van der Waals surface area (Å²) in [5, 5.41) is 10.7. The molecule has 0 fully saturated rings. The van der Waals surface area contributed by atoms with E-state index < -0.39 is 97.5 Å². The second-order valence-corrected chi connectivity index (χ2v) is 36.1. The van der Waals surface area contributed by atoms with E-state index in [-0.39, 0.29) is 25.7 Å². The van der Waals surface area contributed by atoms with E-state index >= 15 is 0 Å². The van der Waals surface area contributed by atoms with Crippen LogP contribution < -0.4 is 0 Å². The molecule has 0 spiro atoms. The molecule has 0 aromatic rings. The molecule has 110 heavy (non-hydrogen) atoms. The summed E-state index contributed by atoms with van der Waals surface area (Å²) in [6.07, 6.45) is 79.2. The summed E-state index contributed by atoms with van der Waals surface area (Å²) in [5.41, 5.74) is 0. The molecule has 0 aliphatic carbocycles. The van der Waals surface area contributed by atoms with E-state index in [2.05, 4.69) is 34.6 Å². The van der Waals surface area contributed by atoms with Crippen LogP contribution in [0.3, 0.4) is 0 Å². The fourth-order valence-electron chi connectivity index (χ4n) is 14.4. The van der Waals surface area contributed by atoms with Gasteiger partial charge in [-0.1, -0.05) is 446 Å². The highest BCUT2D eigenvalue weighted by Gasteiger charge is 2.31. The minimum Gasteiger partial charge on any atom is -0.462 e. The summed E-state index contributed by atoms with van der Waals surface area (Å²) < 4.78 is 69.1. The summed E-state index contributed by atoms with van der Waals surface area (Å²) in [6, 6.07) is 0. The smallest absolute Gasteiger partial charge is 0.462 e. The number of unbranched alkanes of at least 4 members (excludes halogenated alkanes) is 63. The minimum absolute atomic E-state index is 0.109. The summed E-state index contributed by atoms with van der Waals surface area (Å²) in [7, 11) is -9.93. The van der Waals surface area contributed by atoms with Gasteiger partial charge in [0.2, 0.25) is 0 Å². The molecule has 5 atom stereocenters. The van der Waals surface area contributed by atoms with E-state index in [0.717, 1.165) is 95.8 Å². The Bertz CT molecular complexity index is 2080. The Morgan fingerprint density at radius 2 is 0.418 bits per heavy atom.